The molecule has 2 heterocycles. The molecule has 1 atom stereocenters. The molecule has 0 radical (unpaired) electrons. The van der Waals surface area contributed by atoms with Crippen molar-refractivity contribution in [3.8, 4) is 10.6 Å². The average molecular weight is 317 g/mol. The summed E-state index contributed by atoms with van der Waals surface area (Å²) in [5.74, 6) is 0.479. The molecule has 0 spiro atoms. The minimum Gasteiger partial charge on any atom is -0.319 e. The minimum absolute atomic E-state index is 0.479. The summed E-state index contributed by atoms with van der Waals surface area (Å²) < 4.78 is 1.13. The second kappa shape index (κ2) is 5.40. The molecule has 0 amide bonds. The van der Waals surface area contributed by atoms with Gasteiger partial charge >= 0.3 is 0 Å². The molecule has 2 aromatic rings. The molecular weight excluding hydrogens is 304 g/mol. The molecule has 86 valence electrons. The van der Waals surface area contributed by atoms with E-state index >= 15 is 0 Å². The quantitative estimate of drug-likeness (QED) is 0.923. The summed E-state index contributed by atoms with van der Waals surface area (Å²) in [7, 11) is 1.97. The lowest BCUT2D eigenvalue weighted by molar-refractivity contribution is 0.674. The van der Waals surface area contributed by atoms with E-state index in [0.29, 0.717) is 5.92 Å². The third-order valence-corrected chi connectivity index (χ3v) is 5.06. The predicted molar refractivity (Wildman–Crippen MR) is 75.5 cm³/mol. The highest BCUT2D eigenvalue weighted by atomic mass is 79.9. The third-order valence-electron chi connectivity index (χ3n) is 2.27. The zero-order chi connectivity index (χ0) is 11.5. The fraction of sp³-hybridized carbons (Fsp3) is 0.364. The van der Waals surface area contributed by atoms with E-state index in [4.69, 9.17) is 0 Å². The Bertz CT molecular complexity index is 464. The molecule has 5 heteroatoms. The number of nitrogens with one attached hydrogen (secondary N) is 1. The third kappa shape index (κ3) is 2.71. The van der Waals surface area contributed by atoms with Crippen LogP contribution in [0.15, 0.2) is 21.3 Å². The van der Waals surface area contributed by atoms with Crippen molar-refractivity contribution >= 4 is 38.6 Å². The molecule has 16 heavy (non-hydrogen) atoms. The van der Waals surface area contributed by atoms with Gasteiger partial charge in [0.25, 0.3) is 0 Å². The Morgan fingerprint density at radius 1 is 1.44 bits per heavy atom. The van der Waals surface area contributed by atoms with Crippen molar-refractivity contribution in [3.63, 3.8) is 0 Å². The van der Waals surface area contributed by atoms with Crippen molar-refractivity contribution in [3.05, 3.63) is 26.3 Å². The van der Waals surface area contributed by atoms with Crippen molar-refractivity contribution < 1.29 is 0 Å². The van der Waals surface area contributed by atoms with Crippen LogP contribution >= 0.6 is 38.6 Å². The zero-order valence-corrected chi connectivity index (χ0v) is 12.4. The lowest BCUT2D eigenvalue weighted by Gasteiger charge is -2.05. The van der Waals surface area contributed by atoms with Crippen molar-refractivity contribution in [2.24, 2.45) is 0 Å². The Kier molecular flexibility index (Phi) is 4.13. The molecule has 1 N–H and O–H groups in total. The number of halogens is 1. The summed E-state index contributed by atoms with van der Waals surface area (Å²) in [4.78, 5) is 5.91. The number of aromatic nitrogens is 1. The van der Waals surface area contributed by atoms with E-state index in [-0.39, 0.29) is 0 Å². The van der Waals surface area contributed by atoms with Crippen LogP contribution in [0.5, 0.6) is 0 Å². The summed E-state index contributed by atoms with van der Waals surface area (Å²) in [5, 5.41) is 8.61. The zero-order valence-electron chi connectivity index (χ0n) is 9.16. The molecule has 0 aliphatic heterocycles. The second-order valence-corrected chi connectivity index (χ2v) is 6.38. The van der Waals surface area contributed by atoms with Crippen LogP contribution in [0.1, 0.15) is 17.8 Å². The van der Waals surface area contributed by atoms with Gasteiger partial charge in [-0.1, -0.05) is 6.92 Å². The second-order valence-electron chi connectivity index (χ2n) is 3.66. The first-order valence-corrected chi connectivity index (χ1v) is 7.60. The van der Waals surface area contributed by atoms with E-state index < -0.39 is 0 Å². The fourth-order valence-corrected chi connectivity index (χ4v) is 3.81. The average Bonchev–Trinajstić information content (AvgIpc) is 2.85. The molecular formula is C11H13BrN2S2. The molecule has 0 bridgehead atoms. The van der Waals surface area contributed by atoms with Crippen LogP contribution in [0.25, 0.3) is 10.6 Å². The van der Waals surface area contributed by atoms with Gasteiger partial charge in [0, 0.05) is 27.7 Å². The molecule has 2 nitrogen and oxygen atoms in total. The van der Waals surface area contributed by atoms with Crippen molar-refractivity contribution in [1.82, 2.24) is 10.3 Å². The van der Waals surface area contributed by atoms with Gasteiger partial charge in [-0.3, -0.25) is 0 Å². The molecule has 0 aliphatic rings. The molecule has 0 aliphatic carbocycles. The van der Waals surface area contributed by atoms with E-state index in [2.05, 4.69) is 50.0 Å². The van der Waals surface area contributed by atoms with Gasteiger partial charge in [0.1, 0.15) is 0 Å². The van der Waals surface area contributed by atoms with Crippen LogP contribution in [0, 0.1) is 0 Å². The Hall–Kier alpha value is -0.230. The normalized spacial score (nSPS) is 12.9. The molecule has 1 unspecified atom stereocenters. The van der Waals surface area contributed by atoms with Gasteiger partial charge in [0.15, 0.2) is 0 Å². The standard InChI is InChI=1S/C11H13BrN2S2/c1-7(4-13-2)11-14-9(6-16-11)10-3-8(12)5-15-10/h3,5-7,13H,4H2,1-2H3. The van der Waals surface area contributed by atoms with Gasteiger partial charge in [-0.15, -0.1) is 22.7 Å². The van der Waals surface area contributed by atoms with Crippen molar-refractivity contribution in [2.75, 3.05) is 13.6 Å². The Morgan fingerprint density at radius 3 is 2.88 bits per heavy atom. The number of likely N-dealkylation sites (N-methyl/N-ethyl adjacent to an activating group) is 1. The van der Waals surface area contributed by atoms with E-state index in [1.165, 1.54) is 9.88 Å². The smallest absolute Gasteiger partial charge is 0.0973 e. The molecule has 2 rings (SSSR count). The lowest BCUT2D eigenvalue weighted by Crippen LogP contribution is -2.14. The molecule has 0 fully saturated rings. The Balaban J connectivity index is 2.19. The summed E-state index contributed by atoms with van der Waals surface area (Å²) in [6, 6.07) is 2.12. The summed E-state index contributed by atoms with van der Waals surface area (Å²) in [6.07, 6.45) is 0. The van der Waals surface area contributed by atoms with Gasteiger partial charge in [-0.05, 0) is 29.0 Å². The minimum atomic E-state index is 0.479. The number of rotatable bonds is 4. The largest absolute Gasteiger partial charge is 0.319 e. The van der Waals surface area contributed by atoms with Gasteiger partial charge in [-0.25, -0.2) is 4.98 Å². The maximum absolute atomic E-state index is 4.68. The molecule has 2 aromatic heterocycles. The topological polar surface area (TPSA) is 24.9 Å². The maximum atomic E-state index is 4.68. The van der Waals surface area contributed by atoms with Gasteiger partial charge in [-0.2, -0.15) is 0 Å². The number of thiophene rings is 1. The lowest BCUT2D eigenvalue weighted by atomic mass is 10.2. The van der Waals surface area contributed by atoms with Crippen LogP contribution in [0.4, 0.5) is 0 Å². The first-order chi connectivity index (χ1) is 7.70. The van der Waals surface area contributed by atoms with Crippen LogP contribution in [0.2, 0.25) is 0 Å². The van der Waals surface area contributed by atoms with Crippen LogP contribution < -0.4 is 5.32 Å². The molecule has 0 saturated heterocycles. The summed E-state index contributed by atoms with van der Waals surface area (Å²) >= 11 is 6.93. The van der Waals surface area contributed by atoms with E-state index in [1.807, 2.05) is 7.05 Å². The number of hydrogen-bond acceptors (Lipinski definition) is 4. The van der Waals surface area contributed by atoms with Crippen LogP contribution in [0.3, 0.4) is 0 Å². The first kappa shape index (κ1) is 12.2. The van der Waals surface area contributed by atoms with Crippen molar-refractivity contribution in [1.29, 1.82) is 0 Å². The van der Waals surface area contributed by atoms with Crippen LogP contribution in [-0.4, -0.2) is 18.6 Å². The maximum Gasteiger partial charge on any atom is 0.0973 e. The van der Waals surface area contributed by atoms with Gasteiger partial charge in [0.2, 0.25) is 0 Å². The molecule has 0 aromatic carbocycles. The number of thiazole rings is 1. The monoisotopic (exact) mass is 316 g/mol. The molecule has 0 saturated carbocycles. The highest BCUT2D eigenvalue weighted by Crippen LogP contribution is 2.32. The van der Waals surface area contributed by atoms with Crippen molar-refractivity contribution in [2.45, 2.75) is 12.8 Å². The van der Waals surface area contributed by atoms with E-state index in [9.17, 15) is 0 Å². The van der Waals surface area contributed by atoms with Crippen LogP contribution in [-0.2, 0) is 0 Å². The Morgan fingerprint density at radius 2 is 2.25 bits per heavy atom. The van der Waals surface area contributed by atoms with Gasteiger partial charge in [0.05, 0.1) is 15.6 Å². The number of nitrogens with zero attached hydrogens (tertiary/aromatic N) is 1. The number of hydrogen-bond donors (Lipinski definition) is 1. The van der Waals surface area contributed by atoms with E-state index in [1.54, 1.807) is 22.7 Å². The van der Waals surface area contributed by atoms with E-state index in [0.717, 1.165) is 16.7 Å². The highest BCUT2D eigenvalue weighted by Gasteiger charge is 2.11. The Labute approximate surface area is 112 Å². The summed E-state index contributed by atoms with van der Waals surface area (Å²) in [5.41, 5.74) is 1.10. The van der Waals surface area contributed by atoms with Gasteiger partial charge < -0.3 is 5.32 Å². The first-order valence-electron chi connectivity index (χ1n) is 5.05. The predicted octanol–water partition coefficient (Wildman–Crippen LogP) is 3.96. The SMILES string of the molecule is CNCC(C)c1nc(-c2cc(Br)cs2)cs1. The summed E-state index contributed by atoms with van der Waals surface area (Å²) in [6.45, 7) is 3.17. The fourth-order valence-electron chi connectivity index (χ4n) is 1.47. The highest BCUT2D eigenvalue weighted by molar-refractivity contribution is 9.10.